The summed E-state index contributed by atoms with van der Waals surface area (Å²) >= 11 is 0. The van der Waals surface area contributed by atoms with Crippen LogP contribution in [-0.2, 0) is 6.61 Å². The summed E-state index contributed by atoms with van der Waals surface area (Å²) in [6, 6.07) is 10.9. The van der Waals surface area contributed by atoms with Crippen molar-refractivity contribution in [2.45, 2.75) is 6.61 Å². The van der Waals surface area contributed by atoms with Crippen molar-refractivity contribution >= 4 is 11.3 Å². The summed E-state index contributed by atoms with van der Waals surface area (Å²) in [6.45, 7) is 0.418. The Bertz CT molecular complexity index is 663. The van der Waals surface area contributed by atoms with Crippen molar-refractivity contribution in [2.24, 2.45) is 0 Å². The van der Waals surface area contributed by atoms with Gasteiger partial charge in [0.15, 0.2) is 5.65 Å². The van der Waals surface area contributed by atoms with E-state index < -0.39 is 0 Å². The molecule has 7 nitrogen and oxygen atoms in total. The number of ether oxygens (including phenoxy) is 1. The van der Waals surface area contributed by atoms with Gasteiger partial charge in [-0.1, -0.05) is 12.1 Å². The topological polar surface area (TPSA) is 91.2 Å². The summed E-state index contributed by atoms with van der Waals surface area (Å²) < 4.78 is 6.86. The van der Waals surface area contributed by atoms with E-state index >= 15 is 0 Å². The fourth-order valence-electron chi connectivity index (χ4n) is 1.48. The number of aromatic nitrogens is 5. The number of rotatable bonds is 3. The van der Waals surface area contributed by atoms with Gasteiger partial charge >= 0.3 is 0 Å². The molecule has 0 radical (unpaired) electrons. The third-order valence-electron chi connectivity index (χ3n) is 2.41. The Kier molecular flexibility index (Phi) is 2.49. The molecule has 0 aliphatic carbocycles. The smallest absolute Gasteiger partial charge is 0.233 e. The van der Waals surface area contributed by atoms with E-state index in [1.54, 1.807) is 12.1 Å². The van der Waals surface area contributed by atoms with Crippen LogP contribution in [0.15, 0.2) is 36.4 Å². The van der Waals surface area contributed by atoms with Crippen molar-refractivity contribution in [3.05, 3.63) is 42.0 Å². The summed E-state index contributed by atoms with van der Waals surface area (Å²) in [4.78, 5) is 0. The van der Waals surface area contributed by atoms with Gasteiger partial charge in [0.2, 0.25) is 5.88 Å². The molecule has 18 heavy (non-hydrogen) atoms. The highest BCUT2D eigenvalue weighted by molar-refractivity contribution is 5.39. The van der Waals surface area contributed by atoms with Gasteiger partial charge in [-0.25, -0.2) is 0 Å². The van der Waals surface area contributed by atoms with Crippen LogP contribution in [0.25, 0.3) is 5.65 Å². The van der Waals surface area contributed by atoms with E-state index in [1.807, 2.05) is 24.3 Å². The lowest BCUT2D eigenvalue weighted by molar-refractivity contribution is 0.287. The van der Waals surface area contributed by atoms with Crippen molar-refractivity contribution < 1.29 is 4.74 Å². The molecule has 0 atom stereocenters. The van der Waals surface area contributed by atoms with Crippen molar-refractivity contribution in [3.63, 3.8) is 0 Å². The van der Waals surface area contributed by atoms with Crippen LogP contribution in [0, 0.1) is 0 Å². The fraction of sp³-hybridized carbons (Fsp3) is 0.0909. The number of anilines is 1. The van der Waals surface area contributed by atoms with Gasteiger partial charge in [0, 0.05) is 11.8 Å². The van der Waals surface area contributed by atoms with Crippen LogP contribution < -0.4 is 10.5 Å². The van der Waals surface area contributed by atoms with Gasteiger partial charge < -0.3 is 10.5 Å². The molecule has 2 N–H and O–H groups in total. The maximum atomic E-state index is 5.61. The third kappa shape index (κ3) is 2.05. The second-order valence-corrected chi connectivity index (χ2v) is 3.73. The summed E-state index contributed by atoms with van der Waals surface area (Å²) in [5.74, 6) is 0.464. The first-order valence-corrected chi connectivity index (χ1v) is 5.34. The first-order valence-electron chi connectivity index (χ1n) is 5.34. The lowest BCUT2D eigenvalue weighted by Crippen LogP contribution is -2.01. The average molecular weight is 242 g/mol. The van der Waals surface area contributed by atoms with E-state index in [4.69, 9.17) is 10.5 Å². The Balaban J connectivity index is 1.74. The number of nitrogens with zero attached hydrogens (tertiary/aromatic N) is 5. The van der Waals surface area contributed by atoms with Gasteiger partial charge in [0.25, 0.3) is 0 Å². The number of nitrogens with two attached hydrogens (primary N) is 1. The summed E-state index contributed by atoms with van der Waals surface area (Å²) in [6.07, 6.45) is 0. The van der Waals surface area contributed by atoms with Gasteiger partial charge in [-0.2, -0.15) is 0 Å². The molecule has 1 aromatic carbocycles. The maximum Gasteiger partial charge on any atom is 0.233 e. The number of nitrogen functional groups attached to an aromatic ring is 1. The maximum absolute atomic E-state index is 5.61. The minimum atomic E-state index is 0.418. The van der Waals surface area contributed by atoms with Gasteiger partial charge in [-0.05, 0) is 34.2 Å². The Morgan fingerprint density at radius 1 is 1.11 bits per heavy atom. The average Bonchev–Trinajstić information content (AvgIpc) is 2.85. The zero-order chi connectivity index (χ0) is 12.4. The standard InChI is InChI=1S/C11H10N6O/c12-9-3-1-8(2-4-9)7-18-11-6-5-10-13-15-16-17(10)14-11/h1-6H,7,12H2. The van der Waals surface area contributed by atoms with Crippen LogP contribution in [0.4, 0.5) is 5.69 Å². The monoisotopic (exact) mass is 242 g/mol. The van der Waals surface area contributed by atoms with Crippen LogP contribution in [0.1, 0.15) is 5.56 Å². The molecule has 0 bridgehead atoms. The van der Waals surface area contributed by atoms with Crippen LogP contribution in [0.3, 0.4) is 0 Å². The van der Waals surface area contributed by atoms with Crippen molar-refractivity contribution in [2.75, 3.05) is 5.73 Å². The van der Waals surface area contributed by atoms with E-state index in [0.29, 0.717) is 18.1 Å². The lowest BCUT2D eigenvalue weighted by atomic mass is 10.2. The number of benzene rings is 1. The molecule has 0 aliphatic rings. The highest BCUT2D eigenvalue weighted by Crippen LogP contribution is 2.11. The summed E-state index contributed by atoms with van der Waals surface area (Å²) in [7, 11) is 0. The predicted molar refractivity (Wildman–Crippen MR) is 63.8 cm³/mol. The molecule has 3 aromatic rings. The molecule has 0 saturated carbocycles. The lowest BCUT2D eigenvalue weighted by Gasteiger charge is -2.05. The summed E-state index contributed by atoms with van der Waals surface area (Å²) in [5.41, 5.74) is 7.93. The number of hydrogen-bond acceptors (Lipinski definition) is 6. The second kappa shape index (κ2) is 4.28. The van der Waals surface area contributed by atoms with Gasteiger partial charge in [-0.3, -0.25) is 0 Å². The van der Waals surface area contributed by atoms with Crippen LogP contribution >= 0.6 is 0 Å². The molecular formula is C11H10N6O. The van der Waals surface area contributed by atoms with E-state index in [2.05, 4.69) is 20.6 Å². The molecule has 3 rings (SSSR count). The fourth-order valence-corrected chi connectivity index (χ4v) is 1.48. The molecule has 90 valence electrons. The van der Waals surface area contributed by atoms with Gasteiger partial charge in [0.1, 0.15) is 6.61 Å². The quantitative estimate of drug-likeness (QED) is 0.679. The highest BCUT2D eigenvalue weighted by Gasteiger charge is 2.01. The minimum Gasteiger partial charge on any atom is -0.472 e. The number of hydrogen-bond donors (Lipinski definition) is 1. The first-order chi connectivity index (χ1) is 8.81. The normalized spacial score (nSPS) is 10.7. The molecular weight excluding hydrogens is 232 g/mol. The van der Waals surface area contributed by atoms with Crippen LogP contribution in [-0.4, -0.2) is 25.3 Å². The van der Waals surface area contributed by atoms with Crippen molar-refractivity contribution in [1.82, 2.24) is 25.3 Å². The van der Waals surface area contributed by atoms with Gasteiger partial charge in [0.05, 0.1) is 0 Å². The van der Waals surface area contributed by atoms with Crippen LogP contribution in [0.5, 0.6) is 5.88 Å². The second-order valence-electron chi connectivity index (χ2n) is 3.73. The van der Waals surface area contributed by atoms with Gasteiger partial charge in [-0.15, -0.1) is 14.8 Å². The van der Waals surface area contributed by atoms with E-state index in [1.165, 1.54) is 4.63 Å². The Morgan fingerprint density at radius 2 is 1.94 bits per heavy atom. The predicted octanol–water partition coefficient (Wildman–Crippen LogP) is 0.680. The zero-order valence-corrected chi connectivity index (χ0v) is 9.39. The molecule has 0 fully saturated rings. The molecule has 0 saturated heterocycles. The SMILES string of the molecule is Nc1ccc(COc2ccc3nnnn3n2)cc1. The summed E-state index contributed by atoms with van der Waals surface area (Å²) in [5, 5.41) is 15.1. The molecule has 2 aromatic heterocycles. The minimum absolute atomic E-state index is 0.418. The highest BCUT2D eigenvalue weighted by atomic mass is 16.5. The first kappa shape index (κ1) is 10.5. The number of tetrazole rings is 1. The molecule has 0 amide bonds. The Morgan fingerprint density at radius 3 is 2.78 bits per heavy atom. The van der Waals surface area contributed by atoms with Crippen molar-refractivity contribution in [3.8, 4) is 5.88 Å². The Labute approximate surface area is 102 Å². The van der Waals surface area contributed by atoms with E-state index in [9.17, 15) is 0 Å². The van der Waals surface area contributed by atoms with Crippen LogP contribution in [0.2, 0.25) is 0 Å². The Hall–Kier alpha value is -2.70. The largest absolute Gasteiger partial charge is 0.472 e. The molecule has 7 heteroatoms. The van der Waals surface area contributed by atoms with Crippen molar-refractivity contribution in [1.29, 1.82) is 0 Å². The zero-order valence-electron chi connectivity index (χ0n) is 9.39. The van der Waals surface area contributed by atoms with E-state index in [-0.39, 0.29) is 0 Å². The van der Waals surface area contributed by atoms with E-state index in [0.717, 1.165) is 11.3 Å². The molecule has 0 aliphatic heterocycles. The molecule has 2 heterocycles. The third-order valence-corrected chi connectivity index (χ3v) is 2.41. The number of fused-ring (bicyclic) bond motifs is 1. The molecule has 0 unspecified atom stereocenters. The molecule has 0 spiro atoms.